The number of alkyl halides is 1. The van der Waals surface area contributed by atoms with Crippen molar-refractivity contribution in [1.29, 1.82) is 0 Å². The number of Topliss-reactive ketones (excluding diaryl/α,β-unsaturated/α-hetero) is 1. The molecule has 0 aromatic carbocycles. The second kappa shape index (κ2) is 7.59. The third kappa shape index (κ3) is 3.90. The van der Waals surface area contributed by atoms with Crippen LogP contribution in [0, 0.1) is 6.92 Å². The maximum absolute atomic E-state index is 12.6. The second-order valence-electron chi connectivity index (χ2n) is 5.39. The normalized spacial score (nSPS) is 21.2. The minimum absolute atomic E-state index is 0.00853. The molecule has 0 bridgehead atoms. The molecule has 22 heavy (non-hydrogen) atoms. The molecule has 1 aliphatic carbocycles. The average Bonchev–Trinajstić information content (AvgIpc) is 2.87. The number of rotatable bonds is 5. The molecule has 1 aromatic heterocycles. The highest BCUT2D eigenvalue weighted by atomic mass is 127. The second-order valence-corrected chi connectivity index (χ2v) is 8.20. The van der Waals surface area contributed by atoms with E-state index in [0.29, 0.717) is 30.7 Å². The summed E-state index contributed by atoms with van der Waals surface area (Å²) in [6.07, 6.45) is 0.892. The lowest BCUT2D eigenvalue weighted by Gasteiger charge is -2.24. The lowest BCUT2D eigenvalue weighted by Crippen LogP contribution is -2.27. The van der Waals surface area contributed by atoms with Crippen LogP contribution in [0.1, 0.15) is 43.0 Å². The van der Waals surface area contributed by atoms with Crippen LogP contribution in [0.4, 0.5) is 0 Å². The number of nitrogens with zero attached hydrogens (tertiary/aromatic N) is 1. The third-order valence-corrected chi connectivity index (χ3v) is 5.32. The van der Waals surface area contributed by atoms with Crippen LogP contribution in [0.5, 0.6) is 0 Å². The summed E-state index contributed by atoms with van der Waals surface area (Å²) in [5.74, 6) is 0.142. The maximum Gasteiger partial charge on any atom is 0.168 e. The van der Waals surface area contributed by atoms with Gasteiger partial charge < -0.3 is 9.94 Å². The minimum Gasteiger partial charge on any atom is -0.511 e. The molecule has 0 spiro atoms. The number of ketones is 1. The molecule has 1 aliphatic rings. The Labute approximate surface area is 148 Å². The topological polar surface area (TPSA) is 58.9 Å². The summed E-state index contributed by atoms with van der Waals surface area (Å²) in [6, 6.07) is 2.09. The Balaban J connectivity index is 2.31. The molecule has 0 amide bonds. The Bertz CT molecular complexity index is 619. The van der Waals surface area contributed by atoms with Crippen LogP contribution < -0.4 is 0 Å². The van der Waals surface area contributed by atoms with E-state index in [1.165, 1.54) is 5.56 Å². The first kappa shape index (κ1) is 17.5. The SMILES string of the molecule is CCON=C(C1=C(O)CC(c2cc(C)cs2)CC1=O)C(C)I. The zero-order valence-electron chi connectivity index (χ0n) is 12.9. The van der Waals surface area contributed by atoms with E-state index in [1.54, 1.807) is 11.3 Å². The van der Waals surface area contributed by atoms with E-state index in [0.717, 1.165) is 4.88 Å². The van der Waals surface area contributed by atoms with E-state index in [9.17, 15) is 9.90 Å². The molecule has 0 aliphatic heterocycles. The molecule has 1 aromatic rings. The molecule has 0 saturated carbocycles. The van der Waals surface area contributed by atoms with Gasteiger partial charge in [0.25, 0.3) is 0 Å². The predicted molar refractivity (Wildman–Crippen MR) is 98.2 cm³/mol. The zero-order valence-corrected chi connectivity index (χ0v) is 15.9. The molecule has 0 saturated heterocycles. The number of allylic oxidation sites excluding steroid dienone is 2. The first-order chi connectivity index (χ1) is 10.4. The lowest BCUT2D eigenvalue weighted by molar-refractivity contribution is -0.116. The zero-order chi connectivity index (χ0) is 16.3. The van der Waals surface area contributed by atoms with E-state index < -0.39 is 0 Å². The molecule has 0 fully saturated rings. The van der Waals surface area contributed by atoms with Gasteiger partial charge in [-0.2, -0.15) is 0 Å². The number of oxime groups is 1. The molecular weight excluding hydrogens is 413 g/mol. The summed E-state index contributed by atoms with van der Waals surface area (Å²) >= 11 is 3.83. The molecule has 1 heterocycles. The fourth-order valence-corrected chi connectivity index (χ4v) is 3.93. The number of hydrogen-bond donors (Lipinski definition) is 1. The number of aliphatic hydroxyl groups excluding tert-OH is 1. The summed E-state index contributed by atoms with van der Waals surface area (Å²) < 4.78 is -0.00853. The Morgan fingerprint density at radius 1 is 1.59 bits per heavy atom. The number of thiophene rings is 1. The van der Waals surface area contributed by atoms with E-state index in [1.807, 2.05) is 20.8 Å². The number of aryl methyl sites for hydroxylation is 1. The van der Waals surface area contributed by atoms with E-state index in [-0.39, 0.29) is 21.4 Å². The average molecular weight is 433 g/mol. The number of hydrogen-bond acceptors (Lipinski definition) is 5. The van der Waals surface area contributed by atoms with Crippen molar-refractivity contribution in [2.24, 2.45) is 5.16 Å². The van der Waals surface area contributed by atoms with Gasteiger partial charge in [0.1, 0.15) is 18.1 Å². The Hall–Kier alpha value is -0.890. The van der Waals surface area contributed by atoms with Gasteiger partial charge in [0.15, 0.2) is 5.78 Å². The largest absolute Gasteiger partial charge is 0.511 e. The summed E-state index contributed by atoms with van der Waals surface area (Å²) in [5.41, 5.74) is 2.08. The number of carbonyl (C=O) groups excluding carboxylic acids is 1. The smallest absolute Gasteiger partial charge is 0.168 e. The highest BCUT2D eigenvalue weighted by Gasteiger charge is 2.33. The van der Waals surface area contributed by atoms with Gasteiger partial charge in [-0.15, -0.1) is 11.3 Å². The van der Waals surface area contributed by atoms with Gasteiger partial charge in [-0.25, -0.2) is 0 Å². The Kier molecular flexibility index (Phi) is 6.02. The third-order valence-electron chi connectivity index (χ3n) is 3.52. The van der Waals surface area contributed by atoms with Gasteiger partial charge in [0, 0.05) is 23.6 Å². The van der Waals surface area contributed by atoms with Crippen LogP contribution in [0.3, 0.4) is 0 Å². The van der Waals surface area contributed by atoms with Crippen molar-refractivity contribution in [2.75, 3.05) is 6.61 Å². The van der Waals surface area contributed by atoms with Gasteiger partial charge >= 0.3 is 0 Å². The summed E-state index contributed by atoms with van der Waals surface area (Å²) in [7, 11) is 0. The van der Waals surface area contributed by atoms with Crippen molar-refractivity contribution < 1.29 is 14.7 Å². The first-order valence-corrected chi connectivity index (χ1v) is 9.41. The number of aliphatic hydroxyl groups is 1. The monoisotopic (exact) mass is 433 g/mol. The quantitative estimate of drug-likeness (QED) is 0.321. The molecule has 6 heteroatoms. The van der Waals surface area contributed by atoms with Crippen LogP contribution >= 0.6 is 33.9 Å². The maximum atomic E-state index is 12.6. The first-order valence-electron chi connectivity index (χ1n) is 7.28. The highest BCUT2D eigenvalue weighted by molar-refractivity contribution is 14.1. The molecular formula is C16H20INO3S. The van der Waals surface area contributed by atoms with Crippen molar-refractivity contribution >= 4 is 45.4 Å². The summed E-state index contributed by atoms with van der Waals surface area (Å²) in [4.78, 5) is 18.8. The number of carbonyl (C=O) groups is 1. The van der Waals surface area contributed by atoms with Gasteiger partial charge in [0.05, 0.1) is 9.50 Å². The summed E-state index contributed by atoms with van der Waals surface area (Å²) in [6.45, 7) is 6.24. The minimum atomic E-state index is -0.0539. The van der Waals surface area contributed by atoms with Gasteiger partial charge in [-0.3, -0.25) is 4.79 Å². The molecule has 4 nitrogen and oxygen atoms in total. The standard InChI is InChI=1S/C16H20INO3S/c1-4-21-18-16(10(3)17)15-12(19)6-11(7-13(15)20)14-5-9(2)8-22-14/h5,8,10-11,19H,4,6-7H2,1-3H3. The van der Waals surface area contributed by atoms with Crippen LogP contribution in [0.2, 0.25) is 0 Å². The Morgan fingerprint density at radius 3 is 2.82 bits per heavy atom. The van der Waals surface area contributed by atoms with Crippen molar-refractivity contribution in [1.82, 2.24) is 0 Å². The molecule has 2 rings (SSSR count). The van der Waals surface area contributed by atoms with Crippen molar-refractivity contribution in [2.45, 2.75) is 43.5 Å². The van der Waals surface area contributed by atoms with Crippen molar-refractivity contribution in [3.63, 3.8) is 0 Å². The predicted octanol–water partition coefficient (Wildman–Crippen LogP) is 4.53. The Morgan fingerprint density at radius 2 is 2.32 bits per heavy atom. The van der Waals surface area contributed by atoms with Crippen molar-refractivity contribution in [3.8, 4) is 0 Å². The summed E-state index contributed by atoms with van der Waals surface area (Å²) in [5, 5.41) is 16.5. The van der Waals surface area contributed by atoms with Crippen LogP contribution in [-0.2, 0) is 9.63 Å². The lowest BCUT2D eigenvalue weighted by atomic mass is 9.84. The van der Waals surface area contributed by atoms with Crippen LogP contribution in [-0.4, -0.2) is 27.1 Å². The fourth-order valence-electron chi connectivity index (χ4n) is 2.51. The molecule has 2 atom stereocenters. The fraction of sp³-hybridized carbons (Fsp3) is 0.500. The van der Waals surface area contributed by atoms with Gasteiger partial charge in [0.2, 0.25) is 0 Å². The van der Waals surface area contributed by atoms with E-state index >= 15 is 0 Å². The molecule has 0 radical (unpaired) electrons. The van der Waals surface area contributed by atoms with Crippen LogP contribution in [0.15, 0.2) is 27.9 Å². The molecule has 120 valence electrons. The van der Waals surface area contributed by atoms with Gasteiger partial charge in [-0.05, 0) is 37.8 Å². The van der Waals surface area contributed by atoms with E-state index in [2.05, 4.69) is 39.2 Å². The van der Waals surface area contributed by atoms with Crippen molar-refractivity contribution in [3.05, 3.63) is 33.2 Å². The van der Waals surface area contributed by atoms with Crippen LogP contribution in [0.25, 0.3) is 0 Å². The highest BCUT2D eigenvalue weighted by Crippen LogP contribution is 2.37. The molecule has 2 unspecified atom stereocenters. The van der Waals surface area contributed by atoms with Gasteiger partial charge in [-0.1, -0.05) is 27.7 Å². The van der Waals surface area contributed by atoms with E-state index in [4.69, 9.17) is 4.84 Å². The molecule has 1 N–H and O–H groups in total. The number of halogens is 1.